The van der Waals surface area contributed by atoms with Crippen LogP contribution in [0.2, 0.25) is 0 Å². The highest BCUT2D eigenvalue weighted by Gasteiger charge is 2.11. The fourth-order valence-corrected chi connectivity index (χ4v) is 1.52. The molecular weight excluding hydrogens is 224 g/mol. The van der Waals surface area contributed by atoms with Crippen molar-refractivity contribution in [2.75, 3.05) is 13.2 Å². The van der Waals surface area contributed by atoms with Crippen LogP contribution >= 0.6 is 0 Å². The summed E-state index contributed by atoms with van der Waals surface area (Å²) in [4.78, 5) is 0. The van der Waals surface area contributed by atoms with Crippen molar-refractivity contribution in [1.29, 1.82) is 0 Å². The molecule has 0 radical (unpaired) electrons. The third kappa shape index (κ3) is 4.79. The lowest BCUT2D eigenvalue weighted by Gasteiger charge is -2.13. The Morgan fingerprint density at radius 2 is 2.06 bits per heavy atom. The molecule has 0 fully saturated rings. The van der Waals surface area contributed by atoms with Crippen molar-refractivity contribution >= 4 is 0 Å². The van der Waals surface area contributed by atoms with Gasteiger partial charge in [0.15, 0.2) is 0 Å². The largest absolute Gasteiger partial charge is 0.381 e. The first-order chi connectivity index (χ1) is 8.15. The number of rotatable bonds is 7. The molecule has 1 unspecified atom stereocenters. The van der Waals surface area contributed by atoms with E-state index in [-0.39, 0.29) is 0 Å². The van der Waals surface area contributed by atoms with Crippen LogP contribution in [0.3, 0.4) is 0 Å². The average Bonchev–Trinajstić information content (AvgIpc) is 2.28. The molecular formula is C13H19F2NO. The van der Waals surface area contributed by atoms with Crippen LogP contribution in [0.1, 0.15) is 37.8 Å². The Kier molecular flexibility index (Phi) is 6.08. The third-order valence-corrected chi connectivity index (χ3v) is 2.58. The highest BCUT2D eigenvalue weighted by Crippen LogP contribution is 2.18. The van der Waals surface area contributed by atoms with Gasteiger partial charge in [-0.15, -0.1) is 0 Å². The van der Waals surface area contributed by atoms with Crippen LogP contribution in [0.25, 0.3) is 0 Å². The second-order valence-electron chi connectivity index (χ2n) is 4.03. The Hall–Kier alpha value is -1.00. The highest BCUT2D eigenvalue weighted by atomic mass is 19.1. The lowest BCUT2D eigenvalue weighted by molar-refractivity contribution is 0.124. The van der Waals surface area contributed by atoms with E-state index in [1.807, 2.05) is 0 Å². The van der Waals surface area contributed by atoms with E-state index in [9.17, 15) is 8.78 Å². The van der Waals surface area contributed by atoms with Crippen LogP contribution < -0.4 is 5.73 Å². The predicted molar refractivity (Wildman–Crippen MR) is 63.6 cm³/mol. The van der Waals surface area contributed by atoms with Crippen LogP contribution in [0.15, 0.2) is 18.2 Å². The summed E-state index contributed by atoms with van der Waals surface area (Å²) >= 11 is 0. The molecule has 0 aliphatic carbocycles. The van der Waals surface area contributed by atoms with Crippen LogP contribution in [0.5, 0.6) is 0 Å². The molecule has 0 saturated carbocycles. The molecule has 0 aliphatic heterocycles. The first kappa shape index (κ1) is 14.1. The van der Waals surface area contributed by atoms with Crippen LogP contribution in [-0.4, -0.2) is 13.2 Å². The van der Waals surface area contributed by atoms with Crippen LogP contribution in [-0.2, 0) is 4.74 Å². The van der Waals surface area contributed by atoms with Crippen molar-refractivity contribution in [3.8, 4) is 0 Å². The predicted octanol–water partition coefficient (Wildman–Crippen LogP) is 3.17. The fraction of sp³-hybridized carbons (Fsp3) is 0.538. The van der Waals surface area contributed by atoms with Gasteiger partial charge in [-0.3, -0.25) is 0 Å². The Morgan fingerprint density at radius 3 is 2.71 bits per heavy atom. The van der Waals surface area contributed by atoms with E-state index in [1.54, 1.807) is 0 Å². The van der Waals surface area contributed by atoms with Crippen molar-refractivity contribution < 1.29 is 13.5 Å². The van der Waals surface area contributed by atoms with Crippen LogP contribution in [0, 0.1) is 11.6 Å². The van der Waals surface area contributed by atoms with E-state index in [2.05, 4.69) is 6.92 Å². The zero-order valence-electron chi connectivity index (χ0n) is 10.1. The number of ether oxygens (including phenoxy) is 1. The number of unbranched alkanes of at least 4 members (excludes halogenated alkanes) is 1. The second-order valence-corrected chi connectivity index (χ2v) is 4.03. The Morgan fingerprint density at radius 1 is 1.29 bits per heavy atom. The minimum absolute atomic E-state index is 0.338. The molecule has 0 spiro atoms. The molecule has 1 rings (SSSR count). The van der Waals surface area contributed by atoms with Gasteiger partial charge in [0.1, 0.15) is 11.6 Å². The molecule has 1 atom stereocenters. The van der Waals surface area contributed by atoms with Crippen molar-refractivity contribution in [2.45, 2.75) is 32.2 Å². The number of benzene rings is 1. The first-order valence-electron chi connectivity index (χ1n) is 5.93. The van der Waals surface area contributed by atoms with Gasteiger partial charge >= 0.3 is 0 Å². The standard InChI is InChI=1S/C13H19F2NO/c1-2-3-7-17-8-6-13(16)11-5-4-10(14)9-12(11)15/h4-5,9,13H,2-3,6-8,16H2,1H3. The molecule has 2 nitrogen and oxygen atoms in total. The molecule has 0 bridgehead atoms. The quantitative estimate of drug-likeness (QED) is 0.746. The zero-order valence-corrected chi connectivity index (χ0v) is 10.1. The van der Waals surface area contributed by atoms with Gasteiger partial charge in [-0.2, -0.15) is 0 Å². The summed E-state index contributed by atoms with van der Waals surface area (Å²) in [7, 11) is 0. The van der Waals surface area contributed by atoms with E-state index in [1.165, 1.54) is 12.1 Å². The minimum Gasteiger partial charge on any atom is -0.381 e. The summed E-state index contributed by atoms with van der Waals surface area (Å²) in [6.07, 6.45) is 2.63. The molecule has 96 valence electrons. The molecule has 0 amide bonds. The molecule has 4 heteroatoms. The number of hydrogen-bond donors (Lipinski definition) is 1. The van der Waals surface area contributed by atoms with Gasteiger partial charge in [-0.1, -0.05) is 19.4 Å². The van der Waals surface area contributed by atoms with Gasteiger partial charge in [-0.05, 0) is 18.9 Å². The SMILES string of the molecule is CCCCOCCC(N)c1ccc(F)cc1F. The summed E-state index contributed by atoms with van der Waals surface area (Å²) in [5, 5.41) is 0. The fourth-order valence-electron chi connectivity index (χ4n) is 1.52. The van der Waals surface area contributed by atoms with E-state index in [0.717, 1.165) is 18.9 Å². The third-order valence-electron chi connectivity index (χ3n) is 2.58. The number of hydrogen-bond acceptors (Lipinski definition) is 2. The molecule has 0 saturated heterocycles. The summed E-state index contributed by atoms with van der Waals surface area (Å²) in [6.45, 7) is 3.29. The Balaban J connectivity index is 2.38. The minimum atomic E-state index is -0.592. The topological polar surface area (TPSA) is 35.2 Å². The van der Waals surface area contributed by atoms with Gasteiger partial charge in [0.05, 0.1) is 0 Å². The smallest absolute Gasteiger partial charge is 0.130 e. The van der Waals surface area contributed by atoms with Crippen LogP contribution in [0.4, 0.5) is 8.78 Å². The molecule has 1 aromatic carbocycles. The maximum atomic E-state index is 13.4. The monoisotopic (exact) mass is 243 g/mol. The maximum absolute atomic E-state index is 13.4. The van der Waals surface area contributed by atoms with E-state index in [4.69, 9.17) is 10.5 Å². The first-order valence-corrected chi connectivity index (χ1v) is 5.93. The lowest BCUT2D eigenvalue weighted by atomic mass is 10.0. The van der Waals surface area contributed by atoms with Gasteiger partial charge < -0.3 is 10.5 Å². The number of halogens is 2. The van der Waals surface area contributed by atoms with Gasteiger partial charge in [-0.25, -0.2) is 8.78 Å². The maximum Gasteiger partial charge on any atom is 0.130 e. The molecule has 17 heavy (non-hydrogen) atoms. The van der Waals surface area contributed by atoms with Gasteiger partial charge in [0, 0.05) is 30.9 Å². The van der Waals surface area contributed by atoms with Crippen molar-refractivity contribution in [3.05, 3.63) is 35.4 Å². The van der Waals surface area contributed by atoms with E-state index in [0.29, 0.717) is 25.2 Å². The van der Waals surface area contributed by atoms with Crippen molar-refractivity contribution in [1.82, 2.24) is 0 Å². The molecule has 1 aromatic rings. The van der Waals surface area contributed by atoms with E-state index >= 15 is 0 Å². The Labute approximate surface area is 101 Å². The lowest BCUT2D eigenvalue weighted by Crippen LogP contribution is -2.15. The summed E-state index contributed by atoms with van der Waals surface area (Å²) < 4.78 is 31.4. The van der Waals surface area contributed by atoms with Gasteiger partial charge in [0.25, 0.3) is 0 Å². The summed E-state index contributed by atoms with van der Waals surface area (Å²) in [6, 6.07) is 3.02. The van der Waals surface area contributed by atoms with Gasteiger partial charge in [0.2, 0.25) is 0 Å². The summed E-state index contributed by atoms with van der Waals surface area (Å²) in [5.74, 6) is -1.18. The molecule has 0 aliphatic rings. The second kappa shape index (κ2) is 7.35. The number of nitrogens with two attached hydrogens (primary N) is 1. The van der Waals surface area contributed by atoms with Crippen molar-refractivity contribution in [2.24, 2.45) is 5.73 Å². The average molecular weight is 243 g/mol. The highest BCUT2D eigenvalue weighted by molar-refractivity contribution is 5.21. The normalized spacial score (nSPS) is 12.7. The zero-order chi connectivity index (χ0) is 12.7. The summed E-state index contributed by atoms with van der Waals surface area (Å²) in [5.41, 5.74) is 6.16. The Bertz CT molecular complexity index is 344. The molecule has 0 aromatic heterocycles. The van der Waals surface area contributed by atoms with E-state index < -0.39 is 17.7 Å². The molecule has 0 heterocycles. The van der Waals surface area contributed by atoms with Crippen molar-refractivity contribution in [3.63, 3.8) is 0 Å². The molecule has 2 N–H and O–H groups in total.